The Kier molecular flexibility index (Phi) is 6.08. The molecular weight excluding hydrogens is 232 g/mol. The molecule has 94 valence electrons. The van der Waals surface area contributed by atoms with Crippen LogP contribution in [0.2, 0.25) is 0 Å². The summed E-state index contributed by atoms with van der Waals surface area (Å²) in [6, 6.07) is 8.15. The largest absolute Gasteiger partial charge is 0.368 e. The van der Waals surface area contributed by atoms with Crippen LogP contribution >= 0.6 is 11.8 Å². The van der Waals surface area contributed by atoms with Gasteiger partial charge < -0.3 is 11.1 Å². The Morgan fingerprint density at radius 2 is 2.29 bits per heavy atom. The molecule has 0 saturated carbocycles. The third kappa shape index (κ3) is 5.24. The van der Waals surface area contributed by atoms with Gasteiger partial charge in [0.05, 0.1) is 6.04 Å². The van der Waals surface area contributed by atoms with Gasteiger partial charge in [-0.1, -0.05) is 24.6 Å². The molecule has 0 fully saturated rings. The van der Waals surface area contributed by atoms with E-state index in [0.29, 0.717) is 0 Å². The minimum atomic E-state index is -0.267. The normalized spacial score (nSPS) is 12.4. The molecule has 1 aromatic rings. The van der Waals surface area contributed by atoms with E-state index in [-0.39, 0.29) is 11.9 Å². The van der Waals surface area contributed by atoms with Crippen molar-refractivity contribution in [3.05, 3.63) is 29.8 Å². The molecule has 0 heterocycles. The SMILES string of the molecule is CCNC(CCSc1cccc(C)c1)C(N)=O. The fraction of sp³-hybridized carbons (Fsp3) is 0.462. The van der Waals surface area contributed by atoms with E-state index in [4.69, 9.17) is 5.73 Å². The predicted molar refractivity (Wildman–Crippen MR) is 73.2 cm³/mol. The standard InChI is InChI=1S/C13H20N2OS/c1-3-15-12(13(14)16)7-8-17-11-6-4-5-10(2)9-11/h4-6,9,12,15H,3,7-8H2,1-2H3,(H2,14,16). The number of hydrogen-bond donors (Lipinski definition) is 2. The maximum absolute atomic E-state index is 11.1. The van der Waals surface area contributed by atoms with Gasteiger partial charge in [0.15, 0.2) is 0 Å². The molecule has 0 aliphatic carbocycles. The molecule has 0 aliphatic rings. The van der Waals surface area contributed by atoms with Crippen LogP contribution in [0.25, 0.3) is 0 Å². The third-order valence-electron chi connectivity index (χ3n) is 2.46. The lowest BCUT2D eigenvalue weighted by Crippen LogP contribution is -2.41. The number of nitrogens with two attached hydrogens (primary N) is 1. The molecule has 1 atom stereocenters. The Morgan fingerprint density at radius 3 is 2.88 bits per heavy atom. The highest BCUT2D eigenvalue weighted by molar-refractivity contribution is 7.99. The number of likely N-dealkylation sites (N-methyl/N-ethyl adjacent to an activating group) is 1. The maximum Gasteiger partial charge on any atom is 0.234 e. The van der Waals surface area contributed by atoms with E-state index in [1.54, 1.807) is 11.8 Å². The van der Waals surface area contributed by atoms with Gasteiger partial charge in [-0.05, 0) is 37.8 Å². The summed E-state index contributed by atoms with van der Waals surface area (Å²) in [7, 11) is 0. The van der Waals surface area contributed by atoms with Crippen LogP contribution in [0.4, 0.5) is 0 Å². The molecule has 1 amide bonds. The summed E-state index contributed by atoms with van der Waals surface area (Å²) < 4.78 is 0. The van der Waals surface area contributed by atoms with Crippen molar-refractivity contribution in [2.75, 3.05) is 12.3 Å². The van der Waals surface area contributed by atoms with Crippen LogP contribution in [0.1, 0.15) is 18.9 Å². The Bertz CT molecular complexity index is 368. The quantitative estimate of drug-likeness (QED) is 0.729. The number of rotatable bonds is 7. The molecule has 3 nitrogen and oxygen atoms in total. The van der Waals surface area contributed by atoms with Crippen LogP contribution < -0.4 is 11.1 Å². The van der Waals surface area contributed by atoms with Crippen molar-refractivity contribution >= 4 is 17.7 Å². The van der Waals surface area contributed by atoms with E-state index >= 15 is 0 Å². The van der Waals surface area contributed by atoms with Crippen LogP contribution in [-0.2, 0) is 4.79 Å². The number of hydrogen-bond acceptors (Lipinski definition) is 3. The topological polar surface area (TPSA) is 55.1 Å². The number of benzene rings is 1. The average molecular weight is 252 g/mol. The summed E-state index contributed by atoms with van der Waals surface area (Å²) in [4.78, 5) is 12.4. The minimum Gasteiger partial charge on any atom is -0.368 e. The van der Waals surface area contributed by atoms with Gasteiger partial charge in [-0.2, -0.15) is 0 Å². The molecular formula is C13H20N2OS. The molecule has 0 spiro atoms. The predicted octanol–water partition coefficient (Wildman–Crippen LogP) is 1.94. The van der Waals surface area contributed by atoms with E-state index in [2.05, 4.69) is 30.4 Å². The molecule has 0 bridgehead atoms. The van der Waals surface area contributed by atoms with Gasteiger partial charge >= 0.3 is 0 Å². The van der Waals surface area contributed by atoms with Crippen LogP contribution in [0.15, 0.2) is 29.2 Å². The molecule has 3 N–H and O–H groups in total. The number of aryl methyl sites for hydroxylation is 1. The van der Waals surface area contributed by atoms with Gasteiger partial charge in [0.2, 0.25) is 5.91 Å². The molecule has 0 radical (unpaired) electrons. The molecule has 0 aromatic heterocycles. The average Bonchev–Trinajstić information content (AvgIpc) is 2.28. The van der Waals surface area contributed by atoms with Crippen LogP contribution in [-0.4, -0.2) is 24.2 Å². The van der Waals surface area contributed by atoms with Gasteiger partial charge in [0, 0.05) is 4.90 Å². The van der Waals surface area contributed by atoms with Crippen molar-refractivity contribution in [3.8, 4) is 0 Å². The van der Waals surface area contributed by atoms with Gasteiger partial charge in [-0.15, -0.1) is 11.8 Å². The Balaban J connectivity index is 2.38. The molecule has 0 saturated heterocycles. The zero-order valence-electron chi connectivity index (χ0n) is 10.4. The fourth-order valence-electron chi connectivity index (χ4n) is 1.59. The molecule has 1 unspecified atom stereocenters. The van der Waals surface area contributed by atoms with Crippen LogP contribution in [0.3, 0.4) is 0 Å². The second-order valence-corrected chi connectivity index (χ2v) is 5.13. The van der Waals surface area contributed by atoms with E-state index in [0.717, 1.165) is 18.7 Å². The number of nitrogens with one attached hydrogen (secondary N) is 1. The fourth-order valence-corrected chi connectivity index (χ4v) is 2.62. The maximum atomic E-state index is 11.1. The van der Waals surface area contributed by atoms with Gasteiger partial charge in [-0.3, -0.25) is 4.79 Å². The first kappa shape index (κ1) is 14.1. The van der Waals surface area contributed by atoms with Crippen molar-refractivity contribution in [1.82, 2.24) is 5.32 Å². The van der Waals surface area contributed by atoms with E-state index in [9.17, 15) is 4.79 Å². The van der Waals surface area contributed by atoms with Crippen molar-refractivity contribution in [2.45, 2.75) is 31.2 Å². The second-order valence-electron chi connectivity index (χ2n) is 3.97. The van der Waals surface area contributed by atoms with E-state index in [1.165, 1.54) is 10.5 Å². The summed E-state index contributed by atoms with van der Waals surface area (Å²) in [5, 5.41) is 3.09. The minimum absolute atomic E-state index is 0.211. The second kappa shape index (κ2) is 7.35. The first-order valence-corrected chi connectivity index (χ1v) is 6.84. The third-order valence-corrected chi connectivity index (χ3v) is 3.49. The number of carbonyl (C=O) groups is 1. The summed E-state index contributed by atoms with van der Waals surface area (Å²) in [6.07, 6.45) is 0.766. The first-order chi connectivity index (χ1) is 8.13. The van der Waals surface area contributed by atoms with Crippen molar-refractivity contribution in [1.29, 1.82) is 0 Å². The zero-order valence-corrected chi connectivity index (χ0v) is 11.2. The summed E-state index contributed by atoms with van der Waals surface area (Å²) >= 11 is 1.76. The molecule has 0 aliphatic heterocycles. The van der Waals surface area contributed by atoms with E-state index < -0.39 is 0 Å². The Hall–Kier alpha value is -1.00. The van der Waals surface area contributed by atoms with Crippen LogP contribution in [0.5, 0.6) is 0 Å². The van der Waals surface area contributed by atoms with Crippen molar-refractivity contribution < 1.29 is 4.79 Å². The number of primary amides is 1. The Labute approximate surface area is 107 Å². The molecule has 17 heavy (non-hydrogen) atoms. The zero-order chi connectivity index (χ0) is 12.7. The highest BCUT2D eigenvalue weighted by Gasteiger charge is 2.12. The lowest BCUT2D eigenvalue weighted by molar-refractivity contribution is -0.120. The monoisotopic (exact) mass is 252 g/mol. The summed E-state index contributed by atoms with van der Waals surface area (Å²) in [6.45, 7) is 4.82. The number of carbonyl (C=O) groups excluding carboxylic acids is 1. The smallest absolute Gasteiger partial charge is 0.234 e. The summed E-state index contributed by atoms with van der Waals surface area (Å²) in [5.74, 6) is 0.626. The summed E-state index contributed by atoms with van der Waals surface area (Å²) in [5.41, 5.74) is 6.57. The first-order valence-electron chi connectivity index (χ1n) is 5.85. The van der Waals surface area contributed by atoms with Crippen molar-refractivity contribution in [2.24, 2.45) is 5.73 Å². The lowest BCUT2D eigenvalue weighted by Gasteiger charge is -2.13. The molecule has 1 rings (SSSR count). The number of thioether (sulfide) groups is 1. The highest BCUT2D eigenvalue weighted by Crippen LogP contribution is 2.20. The van der Waals surface area contributed by atoms with E-state index in [1.807, 2.05) is 13.0 Å². The Morgan fingerprint density at radius 1 is 1.53 bits per heavy atom. The van der Waals surface area contributed by atoms with Crippen LogP contribution in [0, 0.1) is 6.92 Å². The van der Waals surface area contributed by atoms with Gasteiger partial charge in [-0.25, -0.2) is 0 Å². The van der Waals surface area contributed by atoms with Gasteiger partial charge in [0.1, 0.15) is 0 Å². The highest BCUT2D eigenvalue weighted by atomic mass is 32.2. The molecule has 4 heteroatoms. The lowest BCUT2D eigenvalue weighted by atomic mass is 10.2. The van der Waals surface area contributed by atoms with Crippen molar-refractivity contribution in [3.63, 3.8) is 0 Å². The molecule has 1 aromatic carbocycles. The van der Waals surface area contributed by atoms with Gasteiger partial charge in [0.25, 0.3) is 0 Å². The number of amides is 1.